The zero-order chi connectivity index (χ0) is 14.1. The van der Waals surface area contributed by atoms with Crippen molar-refractivity contribution in [3.05, 3.63) is 71.4 Å². The molecule has 0 saturated carbocycles. The number of benzene rings is 2. The predicted molar refractivity (Wildman–Crippen MR) is 87.6 cm³/mol. The van der Waals surface area contributed by atoms with Crippen molar-refractivity contribution in [2.45, 2.75) is 13.8 Å². The summed E-state index contributed by atoms with van der Waals surface area (Å²) in [6, 6.07) is 19.1. The van der Waals surface area contributed by atoms with Crippen LogP contribution >= 0.6 is 0 Å². The first-order valence-electron chi connectivity index (χ1n) is 6.96. The van der Waals surface area contributed by atoms with E-state index in [2.05, 4.69) is 86.1 Å². The lowest BCUT2D eigenvalue weighted by molar-refractivity contribution is 0.916. The van der Waals surface area contributed by atoms with E-state index in [9.17, 15) is 0 Å². The Morgan fingerprint density at radius 1 is 0.950 bits per heavy atom. The van der Waals surface area contributed by atoms with Crippen LogP contribution in [0.3, 0.4) is 0 Å². The van der Waals surface area contributed by atoms with Gasteiger partial charge >= 0.3 is 0 Å². The van der Waals surface area contributed by atoms with Gasteiger partial charge in [-0.25, -0.2) is 0 Å². The van der Waals surface area contributed by atoms with Gasteiger partial charge in [0.15, 0.2) is 0 Å². The molecular weight excluding hydrogens is 242 g/mol. The molecule has 0 radical (unpaired) electrons. The molecule has 1 heterocycles. The monoisotopic (exact) mass is 261 g/mol. The van der Waals surface area contributed by atoms with Gasteiger partial charge in [-0.3, -0.25) is 0 Å². The number of hydrogen-bond acceptors (Lipinski definition) is 0. The van der Waals surface area contributed by atoms with Gasteiger partial charge in [-0.1, -0.05) is 48.5 Å². The van der Waals surface area contributed by atoms with Crippen LogP contribution in [-0.4, -0.2) is 4.57 Å². The van der Waals surface area contributed by atoms with Gasteiger partial charge in [0.2, 0.25) is 0 Å². The van der Waals surface area contributed by atoms with Crippen LogP contribution < -0.4 is 0 Å². The largest absolute Gasteiger partial charge is 0.347 e. The first kappa shape index (κ1) is 12.7. The van der Waals surface area contributed by atoms with Crippen molar-refractivity contribution in [3.63, 3.8) is 0 Å². The lowest BCUT2D eigenvalue weighted by atomic mass is 10.0. The summed E-state index contributed by atoms with van der Waals surface area (Å²) in [7, 11) is 2.13. The van der Waals surface area contributed by atoms with Crippen molar-refractivity contribution in [2.24, 2.45) is 7.05 Å². The fourth-order valence-corrected chi connectivity index (χ4v) is 2.73. The number of rotatable bonds is 2. The second kappa shape index (κ2) is 5.01. The van der Waals surface area contributed by atoms with Crippen LogP contribution in [0.5, 0.6) is 0 Å². The third kappa shape index (κ3) is 2.05. The van der Waals surface area contributed by atoms with E-state index in [0.717, 1.165) is 0 Å². The van der Waals surface area contributed by atoms with Crippen LogP contribution in [0.25, 0.3) is 22.6 Å². The molecule has 0 amide bonds. The maximum absolute atomic E-state index is 2.30. The Bertz CT molecular complexity index is 776. The fraction of sp³-hybridized carbons (Fsp3) is 0.158. The van der Waals surface area contributed by atoms with Crippen LogP contribution in [0.1, 0.15) is 23.7 Å². The first-order valence-corrected chi connectivity index (χ1v) is 6.96. The molecule has 0 unspecified atom stereocenters. The number of nitrogens with zero attached hydrogens (tertiary/aromatic N) is 1. The lowest BCUT2D eigenvalue weighted by Crippen LogP contribution is -1.90. The average molecular weight is 261 g/mol. The van der Waals surface area contributed by atoms with Crippen molar-refractivity contribution in [2.75, 3.05) is 0 Å². The Morgan fingerprint density at radius 3 is 2.35 bits per heavy atom. The Hall–Kier alpha value is -2.28. The summed E-state index contributed by atoms with van der Waals surface area (Å²) in [5, 5.41) is 1.32. The minimum atomic E-state index is 1.28. The first-order chi connectivity index (χ1) is 9.68. The summed E-state index contributed by atoms with van der Waals surface area (Å²) < 4.78 is 2.26. The highest BCUT2D eigenvalue weighted by Gasteiger charge is 2.09. The zero-order valence-electron chi connectivity index (χ0n) is 12.2. The highest BCUT2D eigenvalue weighted by atomic mass is 14.9. The van der Waals surface area contributed by atoms with E-state index in [4.69, 9.17) is 0 Å². The highest BCUT2D eigenvalue weighted by Crippen LogP contribution is 2.28. The molecule has 0 N–H and O–H groups in total. The van der Waals surface area contributed by atoms with E-state index in [1.807, 2.05) is 0 Å². The van der Waals surface area contributed by atoms with Crippen molar-refractivity contribution < 1.29 is 0 Å². The Balaban J connectivity index is 2.18. The minimum absolute atomic E-state index is 1.28. The molecule has 0 aliphatic carbocycles. The van der Waals surface area contributed by atoms with Gasteiger partial charge in [-0.05, 0) is 37.1 Å². The van der Waals surface area contributed by atoms with Gasteiger partial charge in [0.1, 0.15) is 0 Å². The zero-order valence-corrected chi connectivity index (χ0v) is 12.2. The van der Waals surface area contributed by atoms with Crippen molar-refractivity contribution in [1.82, 2.24) is 4.57 Å². The third-order valence-electron chi connectivity index (χ3n) is 4.04. The molecule has 3 rings (SSSR count). The van der Waals surface area contributed by atoms with E-state index in [1.165, 1.54) is 33.3 Å². The summed E-state index contributed by atoms with van der Waals surface area (Å²) in [5.74, 6) is 0. The van der Waals surface area contributed by atoms with Gasteiger partial charge in [0.25, 0.3) is 0 Å². The number of para-hydroxylation sites is 1. The minimum Gasteiger partial charge on any atom is -0.347 e. The fourth-order valence-electron chi connectivity index (χ4n) is 2.73. The number of aryl methyl sites for hydroxylation is 1. The van der Waals surface area contributed by atoms with Gasteiger partial charge in [-0.15, -0.1) is 0 Å². The molecule has 0 aliphatic heterocycles. The summed E-state index contributed by atoms with van der Waals surface area (Å²) in [6.45, 7) is 4.36. The van der Waals surface area contributed by atoms with E-state index < -0.39 is 0 Å². The van der Waals surface area contributed by atoms with Crippen molar-refractivity contribution in [1.29, 1.82) is 0 Å². The summed E-state index contributed by atoms with van der Waals surface area (Å²) >= 11 is 0. The normalized spacial score (nSPS) is 12.1. The molecular formula is C19H19N. The molecule has 2 aromatic carbocycles. The smallest absolute Gasteiger partial charge is 0.0486 e. The molecule has 20 heavy (non-hydrogen) atoms. The number of hydrogen-bond donors (Lipinski definition) is 0. The van der Waals surface area contributed by atoms with Crippen molar-refractivity contribution in [3.8, 4) is 0 Å². The van der Waals surface area contributed by atoms with Crippen LogP contribution in [-0.2, 0) is 7.05 Å². The van der Waals surface area contributed by atoms with Gasteiger partial charge < -0.3 is 4.57 Å². The van der Waals surface area contributed by atoms with Crippen LogP contribution in [0.15, 0.2) is 54.6 Å². The average Bonchev–Trinajstić information content (AvgIpc) is 2.74. The SMILES string of the molecule is C/C(=C\c1c(C)n(C)c2ccccc12)c1ccccc1. The Morgan fingerprint density at radius 2 is 1.60 bits per heavy atom. The molecule has 0 aliphatic rings. The Labute approximate surface area is 120 Å². The van der Waals surface area contributed by atoms with Gasteiger partial charge in [-0.2, -0.15) is 0 Å². The highest BCUT2D eigenvalue weighted by molar-refractivity contribution is 5.95. The van der Waals surface area contributed by atoms with Gasteiger partial charge in [0, 0.05) is 29.2 Å². The van der Waals surface area contributed by atoms with Crippen molar-refractivity contribution >= 4 is 22.6 Å². The molecule has 3 aromatic rings. The van der Waals surface area contributed by atoms with Gasteiger partial charge in [0.05, 0.1) is 0 Å². The standard InChI is InChI=1S/C19H19N/c1-14(16-9-5-4-6-10-16)13-18-15(2)20(3)19-12-8-7-11-17(18)19/h4-13H,1-3H3/b14-13+. The summed E-state index contributed by atoms with van der Waals surface area (Å²) in [5.41, 5.74) is 6.49. The maximum Gasteiger partial charge on any atom is 0.0486 e. The predicted octanol–water partition coefficient (Wildman–Crippen LogP) is 5.05. The van der Waals surface area contributed by atoms with E-state index in [1.54, 1.807) is 0 Å². The van der Waals surface area contributed by atoms with Crippen LogP contribution in [0, 0.1) is 6.92 Å². The molecule has 0 bridgehead atoms. The summed E-state index contributed by atoms with van der Waals surface area (Å²) in [6.07, 6.45) is 2.30. The molecule has 100 valence electrons. The molecule has 1 aromatic heterocycles. The third-order valence-corrected chi connectivity index (χ3v) is 4.04. The molecule has 0 fully saturated rings. The summed E-state index contributed by atoms with van der Waals surface area (Å²) in [4.78, 5) is 0. The van der Waals surface area contributed by atoms with Crippen LogP contribution in [0.4, 0.5) is 0 Å². The maximum atomic E-state index is 2.30. The number of aromatic nitrogens is 1. The quantitative estimate of drug-likeness (QED) is 0.608. The van der Waals surface area contributed by atoms with Crippen LogP contribution in [0.2, 0.25) is 0 Å². The molecule has 1 nitrogen and oxygen atoms in total. The molecule has 0 spiro atoms. The second-order valence-electron chi connectivity index (χ2n) is 5.27. The van der Waals surface area contributed by atoms with E-state index >= 15 is 0 Å². The topological polar surface area (TPSA) is 4.93 Å². The molecule has 0 saturated heterocycles. The lowest BCUT2D eigenvalue weighted by Gasteiger charge is -2.02. The number of allylic oxidation sites excluding steroid dienone is 1. The second-order valence-corrected chi connectivity index (χ2v) is 5.27. The Kier molecular flexibility index (Phi) is 3.19. The molecule has 1 heteroatoms. The van der Waals surface area contributed by atoms with E-state index in [0.29, 0.717) is 0 Å². The number of fused-ring (bicyclic) bond motifs is 1. The van der Waals surface area contributed by atoms with E-state index in [-0.39, 0.29) is 0 Å². The molecule has 0 atom stereocenters.